The monoisotopic (exact) mass is 326 g/mol. The van der Waals surface area contributed by atoms with Gasteiger partial charge in [0.05, 0.1) is 18.6 Å². The van der Waals surface area contributed by atoms with Crippen molar-refractivity contribution in [3.8, 4) is 0 Å². The Kier molecular flexibility index (Phi) is 4.46. The van der Waals surface area contributed by atoms with Crippen LogP contribution in [0.4, 0.5) is 0 Å². The van der Waals surface area contributed by atoms with E-state index in [0.717, 1.165) is 16.6 Å². The third-order valence-corrected chi connectivity index (χ3v) is 3.99. The van der Waals surface area contributed by atoms with Crippen LogP contribution in [0.15, 0.2) is 34.9 Å². The molecule has 2 aromatic rings. The van der Waals surface area contributed by atoms with Crippen LogP contribution in [0.25, 0.3) is 0 Å². The Morgan fingerprint density at radius 3 is 2.61 bits per heavy atom. The summed E-state index contributed by atoms with van der Waals surface area (Å²) in [6, 6.07) is 8.22. The van der Waals surface area contributed by atoms with Gasteiger partial charge in [0.1, 0.15) is 0 Å². The van der Waals surface area contributed by atoms with E-state index in [4.69, 9.17) is 11.6 Å². The molecule has 2 nitrogen and oxygen atoms in total. The standard InChI is InChI=1S/C14H16BrClN2/c1-10(2)14-12(7-16)8-17-18(14)9-11-5-3-4-6-13(11)15/h3-6,8,10H,7,9H2,1-2H3. The molecule has 0 amide bonds. The van der Waals surface area contributed by atoms with Crippen molar-refractivity contribution in [2.45, 2.75) is 32.2 Å². The largest absolute Gasteiger partial charge is 0.265 e. The molecule has 0 aliphatic rings. The first-order valence-corrected chi connectivity index (χ1v) is 7.30. The van der Waals surface area contributed by atoms with Gasteiger partial charge in [0.2, 0.25) is 0 Å². The molecular formula is C14H16BrClN2. The van der Waals surface area contributed by atoms with Crippen LogP contribution in [-0.2, 0) is 12.4 Å². The molecule has 0 unspecified atom stereocenters. The number of aromatic nitrogens is 2. The summed E-state index contributed by atoms with van der Waals surface area (Å²) in [5.74, 6) is 0.937. The molecule has 0 aliphatic heterocycles. The first kappa shape index (κ1) is 13.6. The van der Waals surface area contributed by atoms with E-state index in [-0.39, 0.29) is 0 Å². The average molecular weight is 328 g/mol. The van der Waals surface area contributed by atoms with Gasteiger partial charge in [-0.15, -0.1) is 11.6 Å². The number of halogens is 2. The van der Waals surface area contributed by atoms with Gasteiger partial charge in [0.15, 0.2) is 0 Å². The number of rotatable bonds is 4. The molecule has 1 heterocycles. The summed E-state index contributed by atoms with van der Waals surface area (Å²) in [4.78, 5) is 0. The minimum absolute atomic E-state index is 0.420. The van der Waals surface area contributed by atoms with Gasteiger partial charge >= 0.3 is 0 Å². The summed E-state index contributed by atoms with van der Waals surface area (Å²) < 4.78 is 3.16. The maximum Gasteiger partial charge on any atom is 0.0673 e. The molecule has 0 saturated heterocycles. The van der Waals surface area contributed by atoms with Crippen molar-refractivity contribution >= 4 is 27.5 Å². The van der Waals surface area contributed by atoms with Gasteiger partial charge in [0, 0.05) is 15.7 Å². The van der Waals surface area contributed by atoms with Crippen molar-refractivity contribution in [1.82, 2.24) is 9.78 Å². The fourth-order valence-electron chi connectivity index (χ4n) is 2.12. The van der Waals surface area contributed by atoms with Crippen LogP contribution in [0.5, 0.6) is 0 Å². The molecule has 0 radical (unpaired) electrons. The van der Waals surface area contributed by atoms with Gasteiger partial charge < -0.3 is 0 Å². The van der Waals surface area contributed by atoms with Crippen LogP contribution in [-0.4, -0.2) is 9.78 Å². The van der Waals surface area contributed by atoms with Crippen LogP contribution < -0.4 is 0 Å². The van der Waals surface area contributed by atoms with E-state index in [1.165, 1.54) is 11.3 Å². The summed E-state index contributed by atoms with van der Waals surface area (Å²) >= 11 is 9.53. The Morgan fingerprint density at radius 2 is 2.00 bits per heavy atom. The first-order valence-electron chi connectivity index (χ1n) is 5.97. The van der Waals surface area contributed by atoms with Crippen molar-refractivity contribution in [2.75, 3.05) is 0 Å². The second-order valence-electron chi connectivity index (χ2n) is 4.59. The lowest BCUT2D eigenvalue weighted by Crippen LogP contribution is -2.09. The minimum atomic E-state index is 0.420. The fraction of sp³-hybridized carbons (Fsp3) is 0.357. The third kappa shape index (κ3) is 2.78. The van der Waals surface area contributed by atoms with Gasteiger partial charge in [-0.2, -0.15) is 5.10 Å². The molecule has 0 fully saturated rings. The normalized spacial score (nSPS) is 11.2. The highest BCUT2D eigenvalue weighted by Gasteiger charge is 2.14. The van der Waals surface area contributed by atoms with Crippen LogP contribution in [0.2, 0.25) is 0 Å². The second kappa shape index (κ2) is 5.89. The Hall–Kier alpha value is -0.800. The second-order valence-corrected chi connectivity index (χ2v) is 5.71. The van der Waals surface area contributed by atoms with Crippen molar-refractivity contribution in [1.29, 1.82) is 0 Å². The summed E-state index contributed by atoms with van der Waals surface area (Å²) in [5, 5.41) is 4.46. The van der Waals surface area contributed by atoms with Gasteiger partial charge in [-0.25, -0.2) is 0 Å². The molecule has 18 heavy (non-hydrogen) atoms. The average Bonchev–Trinajstić information content (AvgIpc) is 2.75. The Balaban J connectivity index is 2.35. The highest BCUT2D eigenvalue weighted by atomic mass is 79.9. The Bertz CT molecular complexity index is 534. The molecule has 0 N–H and O–H groups in total. The predicted octanol–water partition coefficient (Wildman–Crippen LogP) is 4.56. The van der Waals surface area contributed by atoms with E-state index >= 15 is 0 Å². The smallest absolute Gasteiger partial charge is 0.0673 e. The van der Waals surface area contributed by atoms with Crippen molar-refractivity contribution in [2.24, 2.45) is 0 Å². The molecule has 2 rings (SSSR count). The fourth-order valence-corrected chi connectivity index (χ4v) is 2.74. The topological polar surface area (TPSA) is 17.8 Å². The number of benzene rings is 1. The van der Waals surface area contributed by atoms with Gasteiger partial charge in [0.25, 0.3) is 0 Å². The van der Waals surface area contributed by atoms with Crippen molar-refractivity contribution < 1.29 is 0 Å². The van der Waals surface area contributed by atoms with E-state index in [0.29, 0.717) is 11.8 Å². The lowest BCUT2D eigenvalue weighted by atomic mass is 10.1. The molecular weight excluding hydrogens is 312 g/mol. The quantitative estimate of drug-likeness (QED) is 0.753. The molecule has 0 bridgehead atoms. The molecule has 1 aromatic carbocycles. The number of alkyl halides is 1. The lowest BCUT2D eigenvalue weighted by Gasteiger charge is -2.13. The summed E-state index contributed by atoms with van der Waals surface area (Å²) in [6.45, 7) is 5.11. The van der Waals surface area contributed by atoms with E-state index < -0.39 is 0 Å². The molecule has 0 saturated carbocycles. The summed E-state index contributed by atoms with van der Waals surface area (Å²) in [6.07, 6.45) is 1.87. The van der Waals surface area contributed by atoms with Gasteiger partial charge in [-0.3, -0.25) is 4.68 Å². The van der Waals surface area contributed by atoms with Crippen LogP contribution in [0.1, 0.15) is 36.6 Å². The van der Waals surface area contributed by atoms with E-state index in [2.05, 4.69) is 47.0 Å². The van der Waals surface area contributed by atoms with Gasteiger partial charge in [-0.1, -0.05) is 48.0 Å². The first-order chi connectivity index (χ1) is 8.63. The highest BCUT2D eigenvalue weighted by molar-refractivity contribution is 9.10. The predicted molar refractivity (Wildman–Crippen MR) is 79.1 cm³/mol. The van der Waals surface area contributed by atoms with Crippen LogP contribution in [0.3, 0.4) is 0 Å². The molecule has 0 atom stereocenters. The van der Waals surface area contributed by atoms with Crippen molar-refractivity contribution in [3.63, 3.8) is 0 Å². The van der Waals surface area contributed by atoms with E-state index in [1.807, 2.05) is 23.0 Å². The summed E-state index contributed by atoms with van der Waals surface area (Å²) in [5.41, 5.74) is 3.57. The molecule has 96 valence electrons. The number of hydrogen-bond acceptors (Lipinski definition) is 1. The molecule has 0 aliphatic carbocycles. The highest BCUT2D eigenvalue weighted by Crippen LogP contribution is 2.23. The Labute approximate surface area is 121 Å². The lowest BCUT2D eigenvalue weighted by molar-refractivity contribution is 0.614. The third-order valence-electron chi connectivity index (χ3n) is 2.93. The van der Waals surface area contributed by atoms with Crippen LogP contribution >= 0.6 is 27.5 Å². The maximum absolute atomic E-state index is 5.96. The molecule has 1 aromatic heterocycles. The van der Waals surface area contributed by atoms with Gasteiger partial charge in [-0.05, 0) is 17.5 Å². The zero-order valence-corrected chi connectivity index (χ0v) is 12.9. The molecule has 4 heteroatoms. The van der Waals surface area contributed by atoms with Crippen LogP contribution in [0, 0.1) is 0 Å². The van der Waals surface area contributed by atoms with Crippen molar-refractivity contribution in [3.05, 3.63) is 51.8 Å². The number of nitrogens with zero attached hydrogens (tertiary/aromatic N) is 2. The zero-order chi connectivity index (χ0) is 13.1. The molecule has 0 spiro atoms. The van der Waals surface area contributed by atoms with E-state index in [9.17, 15) is 0 Å². The maximum atomic E-state index is 5.96. The summed E-state index contributed by atoms with van der Waals surface area (Å²) in [7, 11) is 0. The van der Waals surface area contributed by atoms with E-state index in [1.54, 1.807) is 0 Å². The Morgan fingerprint density at radius 1 is 1.28 bits per heavy atom. The SMILES string of the molecule is CC(C)c1c(CCl)cnn1Cc1ccccc1Br. The zero-order valence-electron chi connectivity index (χ0n) is 10.5. The minimum Gasteiger partial charge on any atom is -0.265 e. The number of hydrogen-bond donors (Lipinski definition) is 0.